The fraction of sp³-hybridized carbons (Fsp3) is 0.200. The lowest BCUT2D eigenvalue weighted by Crippen LogP contribution is -2.42. The van der Waals surface area contributed by atoms with Crippen LogP contribution in [0.15, 0.2) is 33.5 Å². The van der Waals surface area contributed by atoms with Crippen LogP contribution >= 0.6 is 31.9 Å². The normalized spacial score (nSPS) is 25.5. The molecule has 2 heterocycles. The van der Waals surface area contributed by atoms with Gasteiger partial charge in [-0.25, -0.2) is 0 Å². The molecular formula is C10H8Br2N2O2. The number of rotatable bonds is 1. The van der Waals surface area contributed by atoms with E-state index in [1.807, 2.05) is 0 Å². The number of amides is 1. The molecule has 1 aromatic heterocycles. The van der Waals surface area contributed by atoms with Crippen LogP contribution in [-0.2, 0) is 10.5 Å². The van der Waals surface area contributed by atoms with E-state index in [4.69, 9.17) is 0 Å². The highest BCUT2D eigenvalue weighted by atomic mass is 79.9. The van der Waals surface area contributed by atoms with Gasteiger partial charge in [-0.15, -0.1) is 0 Å². The van der Waals surface area contributed by atoms with Gasteiger partial charge in [-0.1, -0.05) is 6.07 Å². The van der Waals surface area contributed by atoms with Gasteiger partial charge in [-0.05, 0) is 37.9 Å². The maximum absolute atomic E-state index is 11.7. The van der Waals surface area contributed by atoms with Gasteiger partial charge in [-0.2, -0.15) is 0 Å². The number of likely N-dealkylation sites (N-methyl/N-ethyl adjacent to an activating group) is 1. The molecule has 1 aliphatic heterocycles. The Morgan fingerprint density at radius 3 is 2.62 bits per heavy atom. The van der Waals surface area contributed by atoms with Crippen LogP contribution in [0.5, 0.6) is 0 Å². The average molecular weight is 348 g/mol. The van der Waals surface area contributed by atoms with Crippen LogP contribution in [0, 0.1) is 0 Å². The zero-order valence-corrected chi connectivity index (χ0v) is 11.5. The second-order valence-corrected chi connectivity index (χ2v) is 4.99. The Hall–Kier alpha value is -0.720. The number of nitrogens with zero attached hydrogens (tertiary/aromatic N) is 2. The number of carbonyl (C=O) groups is 1. The number of pyridine rings is 1. The summed E-state index contributed by atoms with van der Waals surface area (Å²) in [6.07, 6.45) is 3.13. The molecule has 16 heavy (non-hydrogen) atoms. The van der Waals surface area contributed by atoms with E-state index in [2.05, 4.69) is 36.8 Å². The predicted molar refractivity (Wildman–Crippen MR) is 65.8 cm³/mol. The van der Waals surface area contributed by atoms with E-state index >= 15 is 0 Å². The highest BCUT2D eigenvalue weighted by molar-refractivity contribution is 9.14. The summed E-state index contributed by atoms with van der Waals surface area (Å²) in [5, 5.41) is 10.6. The van der Waals surface area contributed by atoms with Crippen molar-refractivity contribution >= 4 is 37.8 Å². The van der Waals surface area contributed by atoms with Crippen molar-refractivity contribution in [1.29, 1.82) is 0 Å². The van der Waals surface area contributed by atoms with E-state index in [0.717, 1.165) is 0 Å². The third-order valence-corrected chi connectivity index (χ3v) is 4.76. The Balaban J connectivity index is 2.59. The first-order valence-electron chi connectivity index (χ1n) is 4.46. The Morgan fingerprint density at radius 1 is 1.50 bits per heavy atom. The van der Waals surface area contributed by atoms with Gasteiger partial charge in [0.2, 0.25) is 5.72 Å². The van der Waals surface area contributed by atoms with Crippen molar-refractivity contribution < 1.29 is 9.90 Å². The minimum Gasteiger partial charge on any atom is -0.363 e. The summed E-state index contributed by atoms with van der Waals surface area (Å²) in [6, 6.07) is 3.42. The van der Waals surface area contributed by atoms with Gasteiger partial charge in [0.1, 0.15) is 0 Å². The number of hydrogen-bond acceptors (Lipinski definition) is 3. The standard InChI is InChI=1S/C10H8Br2N2O2/c1-14-9(15)7(11)8(12)10(14,16)6-3-2-4-13-5-6/h2-5,16H,1H3. The third-order valence-electron chi connectivity index (χ3n) is 2.54. The lowest BCUT2D eigenvalue weighted by molar-refractivity contribution is -0.139. The molecule has 1 aromatic rings. The fourth-order valence-electron chi connectivity index (χ4n) is 1.58. The van der Waals surface area contributed by atoms with E-state index in [-0.39, 0.29) is 5.91 Å². The highest BCUT2D eigenvalue weighted by Gasteiger charge is 2.48. The molecule has 0 aliphatic carbocycles. The lowest BCUT2D eigenvalue weighted by Gasteiger charge is -2.31. The molecule has 0 saturated heterocycles. The van der Waals surface area contributed by atoms with E-state index in [1.54, 1.807) is 18.3 Å². The third kappa shape index (κ3) is 1.44. The molecule has 0 saturated carbocycles. The first-order valence-corrected chi connectivity index (χ1v) is 6.05. The van der Waals surface area contributed by atoms with Crippen molar-refractivity contribution in [2.45, 2.75) is 5.72 Å². The summed E-state index contributed by atoms with van der Waals surface area (Å²) < 4.78 is 0.710. The fourth-order valence-corrected chi connectivity index (χ4v) is 2.78. The molecule has 1 aliphatic rings. The van der Waals surface area contributed by atoms with Gasteiger partial charge in [0.05, 0.1) is 8.96 Å². The minimum absolute atomic E-state index is 0.279. The number of aromatic nitrogens is 1. The summed E-state index contributed by atoms with van der Waals surface area (Å²) in [5.41, 5.74) is -0.948. The van der Waals surface area contributed by atoms with Crippen molar-refractivity contribution in [3.8, 4) is 0 Å². The Kier molecular flexibility index (Phi) is 2.90. The van der Waals surface area contributed by atoms with Gasteiger partial charge in [-0.3, -0.25) is 9.78 Å². The molecule has 1 amide bonds. The van der Waals surface area contributed by atoms with Crippen LogP contribution in [0.3, 0.4) is 0 Å². The van der Waals surface area contributed by atoms with Crippen molar-refractivity contribution in [1.82, 2.24) is 9.88 Å². The number of aliphatic hydroxyl groups is 1. The number of carbonyl (C=O) groups excluding carboxylic acids is 1. The predicted octanol–water partition coefficient (Wildman–Crippen LogP) is 1.70. The molecule has 0 aromatic carbocycles. The first-order chi connectivity index (χ1) is 7.49. The Bertz CT molecular complexity index is 475. The number of hydrogen-bond donors (Lipinski definition) is 1. The number of halogens is 2. The summed E-state index contributed by atoms with van der Waals surface area (Å²) >= 11 is 6.38. The summed E-state index contributed by atoms with van der Waals surface area (Å²) in [6.45, 7) is 0. The molecule has 4 nitrogen and oxygen atoms in total. The van der Waals surface area contributed by atoms with E-state index in [9.17, 15) is 9.90 Å². The van der Waals surface area contributed by atoms with Crippen molar-refractivity contribution in [2.75, 3.05) is 7.05 Å². The zero-order chi connectivity index (χ0) is 11.9. The largest absolute Gasteiger partial charge is 0.363 e. The Labute approximate surface area is 109 Å². The van der Waals surface area contributed by atoms with E-state index in [1.165, 1.54) is 18.1 Å². The van der Waals surface area contributed by atoms with Crippen LogP contribution < -0.4 is 0 Å². The SMILES string of the molecule is CN1C(=O)C(Br)=C(Br)C1(O)c1cccnc1. The van der Waals surface area contributed by atoms with Crippen LogP contribution in [0.2, 0.25) is 0 Å². The maximum Gasteiger partial charge on any atom is 0.264 e. The van der Waals surface area contributed by atoms with E-state index in [0.29, 0.717) is 14.5 Å². The lowest BCUT2D eigenvalue weighted by atomic mass is 10.1. The van der Waals surface area contributed by atoms with Crippen LogP contribution in [0.4, 0.5) is 0 Å². The zero-order valence-electron chi connectivity index (χ0n) is 8.32. The molecule has 6 heteroatoms. The molecule has 1 unspecified atom stereocenters. The van der Waals surface area contributed by atoms with Gasteiger partial charge >= 0.3 is 0 Å². The maximum atomic E-state index is 11.7. The van der Waals surface area contributed by atoms with Crippen molar-refractivity contribution in [2.24, 2.45) is 0 Å². The quantitative estimate of drug-likeness (QED) is 0.841. The summed E-state index contributed by atoms with van der Waals surface area (Å²) in [5.74, 6) is -0.279. The molecule has 0 spiro atoms. The first kappa shape index (κ1) is 11.8. The monoisotopic (exact) mass is 346 g/mol. The molecule has 2 rings (SSSR count). The minimum atomic E-state index is -1.48. The highest BCUT2D eigenvalue weighted by Crippen LogP contribution is 2.45. The topological polar surface area (TPSA) is 53.4 Å². The molecule has 0 bridgehead atoms. The molecule has 1 atom stereocenters. The summed E-state index contributed by atoms with van der Waals surface area (Å²) in [4.78, 5) is 16.9. The molecule has 84 valence electrons. The smallest absolute Gasteiger partial charge is 0.264 e. The molecule has 0 fully saturated rings. The van der Waals surface area contributed by atoms with Crippen LogP contribution in [0.25, 0.3) is 0 Å². The van der Waals surface area contributed by atoms with Gasteiger partial charge in [0.25, 0.3) is 5.91 Å². The molecule has 1 N–H and O–H groups in total. The van der Waals surface area contributed by atoms with Crippen LogP contribution in [-0.4, -0.2) is 27.9 Å². The van der Waals surface area contributed by atoms with Gasteiger partial charge < -0.3 is 10.0 Å². The second-order valence-electron chi connectivity index (χ2n) is 3.41. The van der Waals surface area contributed by atoms with Gasteiger partial charge in [0, 0.05) is 25.0 Å². The van der Waals surface area contributed by atoms with Crippen molar-refractivity contribution in [3.63, 3.8) is 0 Å². The van der Waals surface area contributed by atoms with E-state index < -0.39 is 5.72 Å². The Morgan fingerprint density at radius 2 is 2.19 bits per heavy atom. The van der Waals surface area contributed by atoms with Gasteiger partial charge in [0.15, 0.2) is 0 Å². The van der Waals surface area contributed by atoms with Crippen LogP contribution in [0.1, 0.15) is 5.56 Å². The summed E-state index contributed by atoms with van der Waals surface area (Å²) in [7, 11) is 1.53. The molecular weight excluding hydrogens is 340 g/mol. The molecule has 0 radical (unpaired) electrons. The average Bonchev–Trinajstić information content (AvgIpc) is 2.47. The second kappa shape index (κ2) is 3.94. The van der Waals surface area contributed by atoms with Crippen molar-refractivity contribution in [3.05, 3.63) is 39.1 Å².